The molecule has 9 nitrogen and oxygen atoms in total. The summed E-state index contributed by atoms with van der Waals surface area (Å²) in [5.74, 6) is 0.958. The summed E-state index contributed by atoms with van der Waals surface area (Å²) in [6.07, 6.45) is 8.77. The van der Waals surface area contributed by atoms with Crippen LogP contribution in [0.4, 0.5) is 11.6 Å². The summed E-state index contributed by atoms with van der Waals surface area (Å²) in [5.41, 5.74) is 6.47. The SMILES string of the molecule is C=CCn1c(=O)c2cnc(Nc3cc4c5c(c3)CN(C)CC5(C)CCC4)nc2n1-c1ccc2c(n1)C(O)(CC)CC2. The molecule has 0 saturated heterocycles. The standard InChI is InChI=1S/C32H37N7O2/c1-5-14-38-29(40)24-17-33-30(34-23-15-21-8-7-12-31(3)19-37(4)18-22(16-23)26(21)31)36-28(24)39(38)25-10-9-20-11-13-32(41,6-2)27(20)35-25/h5,9-10,15-17,41H,1,6-8,11-14,18-19H2,2-4H3,(H,33,34,36). The number of aromatic nitrogens is 5. The Morgan fingerprint density at radius 3 is 2.78 bits per heavy atom. The van der Waals surface area contributed by atoms with Crippen LogP contribution < -0.4 is 10.9 Å². The van der Waals surface area contributed by atoms with Gasteiger partial charge < -0.3 is 15.3 Å². The lowest BCUT2D eigenvalue weighted by Gasteiger charge is -2.45. The topological polar surface area (TPSA) is 101 Å². The molecule has 2 unspecified atom stereocenters. The van der Waals surface area contributed by atoms with E-state index in [4.69, 9.17) is 9.97 Å². The molecule has 4 heterocycles. The lowest BCUT2D eigenvalue weighted by atomic mass is 9.67. The number of nitrogens with one attached hydrogen (secondary N) is 1. The number of allylic oxidation sites excluding steroid dienone is 1. The van der Waals surface area contributed by atoms with Gasteiger partial charge in [0, 0.05) is 30.4 Å². The maximum absolute atomic E-state index is 13.5. The molecule has 0 fully saturated rings. The minimum atomic E-state index is -0.962. The van der Waals surface area contributed by atoms with E-state index in [-0.39, 0.29) is 17.5 Å². The molecular formula is C32H37N7O2. The van der Waals surface area contributed by atoms with Crippen molar-refractivity contribution in [1.29, 1.82) is 0 Å². The van der Waals surface area contributed by atoms with Gasteiger partial charge in [-0.25, -0.2) is 19.3 Å². The van der Waals surface area contributed by atoms with Crippen molar-refractivity contribution in [2.75, 3.05) is 18.9 Å². The molecule has 2 N–H and O–H groups in total. The highest BCUT2D eigenvalue weighted by atomic mass is 16.3. The largest absolute Gasteiger partial charge is 0.384 e. The molecule has 1 aliphatic heterocycles. The summed E-state index contributed by atoms with van der Waals surface area (Å²) < 4.78 is 3.31. The smallest absolute Gasteiger partial charge is 0.278 e. The van der Waals surface area contributed by atoms with Crippen LogP contribution in [0, 0.1) is 0 Å². The van der Waals surface area contributed by atoms with Gasteiger partial charge in [-0.1, -0.05) is 26.0 Å². The van der Waals surface area contributed by atoms with Crippen LogP contribution in [0.5, 0.6) is 0 Å². The Bertz CT molecular complexity index is 1770. The molecule has 3 aromatic heterocycles. The molecule has 212 valence electrons. The summed E-state index contributed by atoms with van der Waals surface area (Å²) in [4.78, 5) is 30.2. The van der Waals surface area contributed by atoms with Gasteiger partial charge in [0.1, 0.15) is 11.0 Å². The van der Waals surface area contributed by atoms with E-state index < -0.39 is 5.60 Å². The quantitative estimate of drug-likeness (QED) is 0.341. The average Bonchev–Trinajstić information content (AvgIpc) is 3.42. The Balaban J connectivity index is 1.33. The van der Waals surface area contributed by atoms with Gasteiger partial charge in [-0.15, -0.1) is 6.58 Å². The number of aliphatic hydroxyl groups is 1. The van der Waals surface area contributed by atoms with Gasteiger partial charge in [0.25, 0.3) is 5.56 Å². The second kappa shape index (κ2) is 9.36. The van der Waals surface area contributed by atoms with Crippen molar-refractivity contribution in [3.63, 3.8) is 0 Å². The summed E-state index contributed by atoms with van der Waals surface area (Å²) in [7, 11) is 2.20. The van der Waals surface area contributed by atoms with Crippen molar-refractivity contribution < 1.29 is 5.11 Å². The fraction of sp³-hybridized carbons (Fsp3) is 0.438. The van der Waals surface area contributed by atoms with Gasteiger partial charge in [0.15, 0.2) is 11.5 Å². The third-order valence-electron chi connectivity index (χ3n) is 9.39. The fourth-order valence-corrected chi connectivity index (χ4v) is 7.57. The van der Waals surface area contributed by atoms with E-state index in [9.17, 15) is 9.90 Å². The molecule has 2 aliphatic carbocycles. The van der Waals surface area contributed by atoms with Gasteiger partial charge in [0.2, 0.25) is 5.95 Å². The Hall–Kier alpha value is -3.82. The second-order valence-corrected chi connectivity index (χ2v) is 12.4. The summed E-state index contributed by atoms with van der Waals surface area (Å²) in [6.45, 7) is 10.5. The second-order valence-electron chi connectivity index (χ2n) is 12.4. The zero-order valence-corrected chi connectivity index (χ0v) is 24.1. The number of fused-ring (bicyclic) bond motifs is 2. The molecule has 1 aromatic carbocycles. The maximum atomic E-state index is 13.5. The van der Waals surface area contributed by atoms with Gasteiger partial charge in [-0.3, -0.25) is 4.79 Å². The summed E-state index contributed by atoms with van der Waals surface area (Å²) in [6, 6.07) is 8.38. The molecule has 0 amide bonds. The van der Waals surface area contributed by atoms with E-state index >= 15 is 0 Å². The number of pyridine rings is 1. The van der Waals surface area contributed by atoms with Crippen molar-refractivity contribution in [3.05, 3.63) is 81.4 Å². The molecule has 2 atom stereocenters. The van der Waals surface area contributed by atoms with Gasteiger partial charge in [-0.2, -0.15) is 4.98 Å². The van der Waals surface area contributed by atoms with Crippen molar-refractivity contribution >= 4 is 22.7 Å². The van der Waals surface area contributed by atoms with Crippen LogP contribution in [0.2, 0.25) is 0 Å². The Labute approximate surface area is 239 Å². The first-order valence-electron chi connectivity index (χ1n) is 14.7. The number of benzene rings is 1. The number of aryl methyl sites for hydroxylation is 2. The zero-order valence-electron chi connectivity index (χ0n) is 24.1. The molecular weight excluding hydrogens is 514 g/mol. The van der Waals surface area contributed by atoms with E-state index in [0.29, 0.717) is 41.3 Å². The fourth-order valence-electron chi connectivity index (χ4n) is 7.57. The number of nitrogens with zero attached hydrogens (tertiary/aromatic N) is 6. The monoisotopic (exact) mass is 551 g/mol. The number of hydrogen-bond acceptors (Lipinski definition) is 7. The third-order valence-corrected chi connectivity index (χ3v) is 9.39. The molecule has 41 heavy (non-hydrogen) atoms. The average molecular weight is 552 g/mol. The number of anilines is 2. The summed E-state index contributed by atoms with van der Waals surface area (Å²) >= 11 is 0. The van der Waals surface area contributed by atoms with Crippen LogP contribution in [0.1, 0.15) is 67.5 Å². The van der Waals surface area contributed by atoms with Crippen molar-refractivity contribution in [1.82, 2.24) is 29.2 Å². The van der Waals surface area contributed by atoms with E-state index in [2.05, 4.69) is 47.9 Å². The van der Waals surface area contributed by atoms with Crippen molar-refractivity contribution in [3.8, 4) is 5.82 Å². The van der Waals surface area contributed by atoms with Crippen LogP contribution in [0.15, 0.2) is 47.9 Å². The summed E-state index contributed by atoms with van der Waals surface area (Å²) in [5, 5.41) is 15.1. The van der Waals surface area contributed by atoms with Crippen LogP contribution in [-0.4, -0.2) is 47.9 Å². The first kappa shape index (κ1) is 26.1. The molecule has 0 radical (unpaired) electrons. The van der Waals surface area contributed by atoms with Crippen LogP contribution in [0.3, 0.4) is 0 Å². The maximum Gasteiger partial charge on any atom is 0.278 e. The number of rotatable bonds is 6. The Kier molecular flexibility index (Phi) is 5.96. The first-order chi connectivity index (χ1) is 19.7. The molecule has 3 aliphatic rings. The predicted molar refractivity (Wildman–Crippen MR) is 160 cm³/mol. The van der Waals surface area contributed by atoms with Crippen LogP contribution in [0.25, 0.3) is 16.9 Å². The molecule has 4 aromatic rings. The lowest BCUT2D eigenvalue weighted by molar-refractivity contribution is 0.0306. The third kappa shape index (κ3) is 4.05. The van der Waals surface area contributed by atoms with E-state index in [1.165, 1.54) is 29.5 Å². The lowest BCUT2D eigenvalue weighted by Crippen LogP contribution is -2.44. The van der Waals surface area contributed by atoms with E-state index in [1.807, 2.05) is 19.1 Å². The highest BCUT2D eigenvalue weighted by molar-refractivity contribution is 5.77. The zero-order chi connectivity index (χ0) is 28.5. The predicted octanol–water partition coefficient (Wildman–Crippen LogP) is 4.49. The highest BCUT2D eigenvalue weighted by Crippen LogP contribution is 2.44. The molecule has 7 rings (SSSR count). The normalized spacial score (nSPS) is 23.4. The van der Waals surface area contributed by atoms with Gasteiger partial charge in [-0.05, 0) is 86.0 Å². The van der Waals surface area contributed by atoms with Crippen LogP contribution in [-0.2, 0) is 36.9 Å². The van der Waals surface area contributed by atoms with Crippen LogP contribution >= 0.6 is 0 Å². The highest BCUT2D eigenvalue weighted by Gasteiger charge is 2.39. The molecule has 0 saturated carbocycles. The van der Waals surface area contributed by atoms with E-state index in [1.54, 1.807) is 21.6 Å². The van der Waals surface area contributed by atoms with Gasteiger partial charge in [0.05, 0.1) is 12.2 Å². The first-order valence-corrected chi connectivity index (χ1v) is 14.7. The molecule has 9 heteroatoms. The minimum Gasteiger partial charge on any atom is -0.384 e. The van der Waals surface area contributed by atoms with E-state index in [0.717, 1.165) is 37.2 Å². The minimum absolute atomic E-state index is 0.195. The Morgan fingerprint density at radius 2 is 1.98 bits per heavy atom. The molecule has 0 spiro atoms. The number of likely N-dealkylation sites (N-methyl/N-ethyl adjacent to an activating group) is 1. The number of hydrogen-bond donors (Lipinski definition) is 2. The van der Waals surface area contributed by atoms with Crippen molar-refractivity contribution in [2.24, 2.45) is 0 Å². The molecule has 0 bridgehead atoms. The van der Waals surface area contributed by atoms with Gasteiger partial charge >= 0.3 is 0 Å². The van der Waals surface area contributed by atoms with Crippen molar-refractivity contribution in [2.45, 2.75) is 76.5 Å². The Morgan fingerprint density at radius 1 is 1.15 bits per heavy atom.